The number of hydrogen-bond acceptors (Lipinski definition) is 4. The van der Waals surface area contributed by atoms with E-state index in [2.05, 4.69) is 9.97 Å². The predicted octanol–water partition coefficient (Wildman–Crippen LogP) is 1.91. The molecule has 0 atom stereocenters. The van der Waals surface area contributed by atoms with Crippen molar-refractivity contribution in [3.8, 4) is 0 Å². The first-order chi connectivity index (χ1) is 7.73. The molecule has 0 spiro atoms. The smallest absolute Gasteiger partial charge is 0.204 e. The highest BCUT2D eigenvalue weighted by atomic mass is 16.4. The fourth-order valence-corrected chi connectivity index (χ4v) is 2.25. The average Bonchev–Trinajstić information content (AvgIpc) is 2.60. The minimum Gasteiger partial charge on any atom is -0.438 e. The molecule has 4 heteroatoms. The first-order valence-electron chi connectivity index (χ1n) is 5.68. The Morgan fingerprint density at radius 2 is 2.19 bits per heavy atom. The molecule has 1 aliphatic carbocycles. The zero-order chi connectivity index (χ0) is 11.2. The number of fused-ring (bicyclic) bond motifs is 1. The van der Waals surface area contributed by atoms with Gasteiger partial charge in [0.2, 0.25) is 5.89 Å². The highest BCUT2D eigenvalue weighted by molar-refractivity contribution is 5.68. The van der Waals surface area contributed by atoms with Crippen LogP contribution in [0.4, 0.5) is 0 Å². The third-order valence-electron chi connectivity index (χ3n) is 3.55. The van der Waals surface area contributed by atoms with Crippen LogP contribution in [0.2, 0.25) is 0 Å². The molecule has 0 aromatic carbocycles. The lowest BCUT2D eigenvalue weighted by molar-refractivity contribution is 0.203. The van der Waals surface area contributed by atoms with Crippen molar-refractivity contribution in [3.63, 3.8) is 0 Å². The van der Waals surface area contributed by atoms with E-state index in [-0.39, 0.29) is 5.41 Å². The van der Waals surface area contributed by atoms with Crippen LogP contribution in [0.5, 0.6) is 0 Å². The van der Waals surface area contributed by atoms with Crippen LogP contribution >= 0.6 is 0 Å². The van der Waals surface area contributed by atoms with Gasteiger partial charge < -0.3 is 10.2 Å². The quantitative estimate of drug-likeness (QED) is 0.834. The molecule has 0 radical (unpaired) electrons. The van der Waals surface area contributed by atoms with Crippen LogP contribution in [0.25, 0.3) is 11.2 Å². The van der Waals surface area contributed by atoms with Gasteiger partial charge in [-0.1, -0.05) is 6.42 Å². The van der Waals surface area contributed by atoms with Gasteiger partial charge in [0, 0.05) is 12.2 Å². The molecule has 1 saturated carbocycles. The van der Waals surface area contributed by atoms with Crippen LogP contribution < -0.4 is 5.73 Å². The highest BCUT2D eigenvalue weighted by Crippen LogP contribution is 2.42. The fourth-order valence-electron chi connectivity index (χ4n) is 2.25. The monoisotopic (exact) mass is 217 g/mol. The molecule has 0 aliphatic heterocycles. The van der Waals surface area contributed by atoms with E-state index in [9.17, 15) is 0 Å². The number of oxazole rings is 1. The zero-order valence-corrected chi connectivity index (χ0v) is 9.36. The Labute approximate surface area is 93.9 Å². The molecule has 16 heavy (non-hydrogen) atoms. The number of aromatic nitrogens is 2. The summed E-state index contributed by atoms with van der Waals surface area (Å²) in [5, 5.41) is 0. The summed E-state index contributed by atoms with van der Waals surface area (Å²) >= 11 is 0. The summed E-state index contributed by atoms with van der Waals surface area (Å²) in [6, 6.07) is 3.87. The number of nitrogens with zero attached hydrogens (tertiary/aromatic N) is 2. The number of rotatable bonds is 2. The zero-order valence-electron chi connectivity index (χ0n) is 9.36. The normalized spacial score (nSPS) is 18.6. The molecule has 2 aromatic heterocycles. The van der Waals surface area contributed by atoms with Gasteiger partial charge in [-0.2, -0.15) is 4.98 Å². The molecule has 4 nitrogen and oxygen atoms in total. The van der Waals surface area contributed by atoms with Crippen molar-refractivity contribution in [1.29, 1.82) is 0 Å². The van der Waals surface area contributed by atoms with Gasteiger partial charge in [-0.3, -0.25) is 0 Å². The Bertz CT molecular complexity index is 523. The maximum Gasteiger partial charge on any atom is 0.204 e. The molecule has 84 valence electrons. The highest BCUT2D eigenvalue weighted by Gasteiger charge is 2.42. The number of hydrogen-bond donors (Lipinski definition) is 1. The molecular formula is C12H15N3O. The van der Waals surface area contributed by atoms with E-state index < -0.39 is 0 Å². The largest absolute Gasteiger partial charge is 0.438 e. The summed E-state index contributed by atoms with van der Waals surface area (Å²) in [5.41, 5.74) is 8.24. The van der Waals surface area contributed by atoms with Crippen LogP contribution in [0.3, 0.4) is 0 Å². The van der Waals surface area contributed by atoms with Gasteiger partial charge in [-0.15, -0.1) is 0 Å². The molecule has 0 bridgehead atoms. The summed E-state index contributed by atoms with van der Waals surface area (Å²) in [4.78, 5) is 8.84. The second-order valence-electron chi connectivity index (χ2n) is 4.63. The second kappa shape index (κ2) is 3.28. The molecule has 2 aromatic rings. The third-order valence-corrected chi connectivity index (χ3v) is 3.55. The lowest BCUT2D eigenvalue weighted by Gasteiger charge is -2.37. The van der Waals surface area contributed by atoms with E-state index in [0.717, 1.165) is 30.0 Å². The van der Waals surface area contributed by atoms with Crippen molar-refractivity contribution < 1.29 is 4.42 Å². The van der Waals surface area contributed by atoms with E-state index in [1.54, 1.807) is 0 Å². The average molecular weight is 217 g/mol. The van der Waals surface area contributed by atoms with Gasteiger partial charge in [0.1, 0.15) is 0 Å². The lowest BCUT2D eigenvalue weighted by atomic mass is 9.69. The molecule has 1 fully saturated rings. The van der Waals surface area contributed by atoms with Gasteiger partial charge in [0.25, 0.3) is 0 Å². The Hall–Kier alpha value is -1.42. The van der Waals surface area contributed by atoms with Crippen LogP contribution in [0, 0.1) is 6.92 Å². The van der Waals surface area contributed by atoms with Crippen LogP contribution in [0.15, 0.2) is 16.5 Å². The fraction of sp³-hybridized carbons (Fsp3) is 0.500. The maximum atomic E-state index is 5.83. The van der Waals surface area contributed by atoms with Gasteiger partial charge in [0.05, 0.1) is 5.41 Å². The van der Waals surface area contributed by atoms with Crippen molar-refractivity contribution in [2.75, 3.05) is 6.54 Å². The van der Waals surface area contributed by atoms with E-state index >= 15 is 0 Å². The molecule has 0 saturated heterocycles. The third kappa shape index (κ3) is 1.26. The van der Waals surface area contributed by atoms with Crippen molar-refractivity contribution in [2.45, 2.75) is 31.6 Å². The summed E-state index contributed by atoms with van der Waals surface area (Å²) in [7, 11) is 0. The van der Waals surface area contributed by atoms with Crippen molar-refractivity contribution in [2.24, 2.45) is 5.73 Å². The summed E-state index contributed by atoms with van der Waals surface area (Å²) in [6.07, 6.45) is 3.37. The van der Waals surface area contributed by atoms with E-state index in [1.165, 1.54) is 6.42 Å². The van der Waals surface area contributed by atoms with Crippen molar-refractivity contribution >= 4 is 11.2 Å². The van der Waals surface area contributed by atoms with E-state index in [1.807, 2.05) is 19.1 Å². The second-order valence-corrected chi connectivity index (χ2v) is 4.63. The molecule has 1 aliphatic rings. The Balaban J connectivity index is 2.11. The Kier molecular flexibility index (Phi) is 2.01. The standard InChI is InChI=1S/C12H15N3O/c1-8-3-4-9-10(14-8)15-11(16-9)12(7-13)5-2-6-12/h3-4H,2,5-7,13H2,1H3. The first kappa shape index (κ1) is 9.78. The van der Waals surface area contributed by atoms with Crippen LogP contribution in [0.1, 0.15) is 30.8 Å². The van der Waals surface area contributed by atoms with Gasteiger partial charge in [-0.25, -0.2) is 4.98 Å². The molecule has 0 amide bonds. The molecule has 0 unspecified atom stereocenters. The van der Waals surface area contributed by atoms with Crippen molar-refractivity contribution in [1.82, 2.24) is 9.97 Å². The minimum atomic E-state index is -0.0192. The van der Waals surface area contributed by atoms with E-state index in [4.69, 9.17) is 10.2 Å². The first-order valence-corrected chi connectivity index (χ1v) is 5.68. The van der Waals surface area contributed by atoms with Crippen molar-refractivity contribution in [3.05, 3.63) is 23.7 Å². The number of nitrogens with two attached hydrogens (primary N) is 1. The topological polar surface area (TPSA) is 64.9 Å². The molecule has 2 heterocycles. The molecular weight excluding hydrogens is 202 g/mol. The maximum absolute atomic E-state index is 5.83. The van der Waals surface area contributed by atoms with E-state index in [0.29, 0.717) is 12.2 Å². The SMILES string of the molecule is Cc1ccc2oc(C3(CN)CCC3)nc2n1. The summed E-state index contributed by atoms with van der Waals surface area (Å²) in [5.74, 6) is 0.773. The van der Waals surface area contributed by atoms with Gasteiger partial charge in [0.15, 0.2) is 11.2 Å². The van der Waals surface area contributed by atoms with Gasteiger partial charge in [-0.05, 0) is 31.9 Å². The Morgan fingerprint density at radius 3 is 2.81 bits per heavy atom. The predicted molar refractivity (Wildman–Crippen MR) is 61.1 cm³/mol. The summed E-state index contributed by atoms with van der Waals surface area (Å²) in [6.45, 7) is 2.56. The number of pyridine rings is 1. The van der Waals surface area contributed by atoms with Gasteiger partial charge >= 0.3 is 0 Å². The molecule has 3 rings (SSSR count). The lowest BCUT2D eigenvalue weighted by Crippen LogP contribution is -2.41. The minimum absolute atomic E-state index is 0.0192. The van der Waals surface area contributed by atoms with Crippen LogP contribution in [-0.4, -0.2) is 16.5 Å². The number of aryl methyl sites for hydroxylation is 1. The molecule has 2 N–H and O–H groups in total. The summed E-state index contributed by atoms with van der Waals surface area (Å²) < 4.78 is 5.77. The Morgan fingerprint density at radius 1 is 1.38 bits per heavy atom. The van der Waals surface area contributed by atoms with Crippen LogP contribution in [-0.2, 0) is 5.41 Å².